The predicted octanol–water partition coefficient (Wildman–Crippen LogP) is 3.50. The number of halogens is 1. The molecule has 7 heteroatoms. The number of benzene rings is 2. The van der Waals surface area contributed by atoms with Gasteiger partial charge in [-0.3, -0.25) is 4.79 Å². The van der Waals surface area contributed by atoms with Crippen LogP contribution in [0.4, 0.5) is 0 Å². The van der Waals surface area contributed by atoms with Gasteiger partial charge in [0, 0.05) is 11.1 Å². The number of phenols is 1. The van der Waals surface area contributed by atoms with E-state index in [1.807, 2.05) is 22.6 Å². The molecular formula is C18H15IO6. The minimum atomic E-state index is -0.679. The number of rotatable bonds is 5. The second kappa shape index (κ2) is 6.91. The highest BCUT2D eigenvalue weighted by molar-refractivity contribution is 14.1. The van der Waals surface area contributed by atoms with Crippen LogP contribution < -0.4 is 9.47 Å². The van der Waals surface area contributed by atoms with E-state index in [2.05, 4.69) is 0 Å². The molecule has 1 aliphatic heterocycles. The van der Waals surface area contributed by atoms with Crippen LogP contribution in [-0.2, 0) is 4.74 Å². The summed E-state index contributed by atoms with van der Waals surface area (Å²) in [5, 5.41) is 9.57. The fourth-order valence-corrected chi connectivity index (χ4v) is 3.31. The number of ketones is 1. The van der Waals surface area contributed by atoms with Gasteiger partial charge >= 0.3 is 5.97 Å². The van der Waals surface area contributed by atoms with Gasteiger partial charge in [-0.1, -0.05) is 6.07 Å². The number of aromatic hydroxyl groups is 1. The van der Waals surface area contributed by atoms with Gasteiger partial charge < -0.3 is 19.3 Å². The number of hydrogen-bond donors (Lipinski definition) is 1. The third-order valence-corrected chi connectivity index (χ3v) is 4.88. The number of carbonyl (C=O) groups excluding carboxylic acids is 2. The van der Waals surface area contributed by atoms with E-state index in [0.717, 1.165) is 0 Å². The lowest BCUT2D eigenvalue weighted by molar-refractivity contribution is 0.0365. The molecule has 0 spiro atoms. The molecule has 1 unspecified atom stereocenters. The molecule has 3 rings (SSSR count). The number of fused-ring (bicyclic) bond motifs is 1. The molecule has 0 fully saturated rings. The maximum atomic E-state index is 12.5. The van der Waals surface area contributed by atoms with Crippen molar-refractivity contribution < 1.29 is 28.9 Å². The minimum absolute atomic E-state index is 0.00901. The lowest BCUT2D eigenvalue weighted by Gasteiger charge is -2.12. The average molecular weight is 454 g/mol. The third-order valence-electron chi connectivity index (χ3n) is 4.02. The van der Waals surface area contributed by atoms with Crippen LogP contribution in [0.1, 0.15) is 38.8 Å². The lowest BCUT2D eigenvalue weighted by atomic mass is 9.97. The Morgan fingerprint density at radius 1 is 1.24 bits per heavy atom. The second-order valence-electron chi connectivity index (χ2n) is 5.45. The Balaban J connectivity index is 1.90. The van der Waals surface area contributed by atoms with Gasteiger partial charge in [-0.05, 0) is 46.9 Å². The summed E-state index contributed by atoms with van der Waals surface area (Å²) >= 11 is 1.95. The van der Waals surface area contributed by atoms with Gasteiger partial charge in [-0.15, -0.1) is 0 Å². The Bertz CT molecular complexity index is 861. The number of esters is 1. The van der Waals surface area contributed by atoms with Crippen molar-refractivity contribution in [1.29, 1.82) is 0 Å². The number of ether oxygens (including phenoxy) is 3. The largest absolute Gasteiger partial charge is 0.507 e. The molecule has 25 heavy (non-hydrogen) atoms. The van der Waals surface area contributed by atoms with Crippen molar-refractivity contribution in [3.8, 4) is 17.2 Å². The molecule has 0 bridgehead atoms. The minimum Gasteiger partial charge on any atom is -0.507 e. The monoisotopic (exact) mass is 454 g/mol. The molecule has 1 aliphatic rings. The second-order valence-corrected chi connectivity index (χ2v) is 6.61. The Labute approximate surface area is 157 Å². The first-order chi connectivity index (χ1) is 12.0. The number of methoxy groups -OCH3 is 2. The van der Waals surface area contributed by atoms with Crippen molar-refractivity contribution in [3.63, 3.8) is 0 Å². The molecule has 130 valence electrons. The molecular weight excluding hydrogens is 439 g/mol. The Kier molecular flexibility index (Phi) is 4.85. The molecule has 0 amide bonds. The quantitative estimate of drug-likeness (QED) is 0.423. The van der Waals surface area contributed by atoms with Gasteiger partial charge in [0.25, 0.3) is 0 Å². The molecule has 0 saturated heterocycles. The molecule has 0 radical (unpaired) electrons. The van der Waals surface area contributed by atoms with E-state index < -0.39 is 12.1 Å². The van der Waals surface area contributed by atoms with Crippen molar-refractivity contribution in [2.24, 2.45) is 0 Å². The van der Waals surface area contributed by atoms with E-state index in [1.165, 1.54) is 20.3 Å². The van der Waals surface area contributed by atoms with Gasteiger partial charge in [0.2, 0.25) is 0 Å². The SMILES string of the molecule is COc1ccc2c(c1OC)C(=O)OC2CC(=O)c1ccc(O)c(I)c1. The van der Waals surface area contributed by atoms with Crippen molar-refractivity contribution in [3.05, 3.63) is 50.6 Å². The number of cyclic esters (lactones) is 1. The molecule has 0 aliphatic carbocycles. The van der Waals surface area contributed by atoms with Crippen LogP contribution in [-0.4, -0.2) is 31.1 Å². The zero-order chi connectivity index (χ0) is 18.1. The van der Waals surface area contributed by atoms with Crippen LogP contribution in [0, 0.1) is 3.57 Å². The first-order valence-electron chi connectivity index (χ1n) is 7.43. The summed E-state index contributed by atoms with van der Waals surface area (Å²) in [6.45, 7) is 0. The molecule has 0 saturated carbocycles. The standard InChI is InChI=1S/C18H15IO6/c1-23-14-6-4-10-15(25-18(22)16(10)17(14)24-2)8-13(21)9-3-5-12(20)11(19)7-9/h3-7,15,20H,8H2,1-2H3. The molecule has 0 aromatic heterocycles. The van der Waals surface area contributed by atoms with E-state index in [4.69, 9.17) is 14.2 Å². The van der Waals surface area contributed by atoms with Crippen LogP contribution in [0.3, 0.4) is 0 Å². The Hall–Kier alpha value is -2.29. The molecule has 2 aromatic rings. The van der Waals surface area contributed by atoms with E-state index in [-0.39, 0.29) is 18.0 Å². The van der Waals surface area contributed by atoms with Gasteiger partial charge in [-0.2, -0.15) is 0 Å². The maximum absolute atomic E-state index is 12.5. The normalized spacial score (nSPS) is 15.5. The maximum Gasteiger partial charge on any atom is 0.343 e. The van der Waals surface area contributed by atoms with Crippen LogP contribution in [0.2, 0.25) is 0 Å². The summed E-state index contributed by atoms with van der Waals surface area (Å²) in [5.74, 6) is 0.131. The number of hydrogen-bond acceptors (Lipinski definition) is 6. The topological polar surface area (TPSA) is 82.1 Å². The van der Waals surface area contributed by atoms with Crippen molar-refractivity contribution >= 4 is 34.3 Å². The lowest BCUT2D eigenvalue weighted by Crippen LogP contribution is -2.08. The number of carbonyl (C=O) groups is 2. The third kappa shape index (κ3) is 3.15. The van der Waals surface area contributed by atoms with Crippen molar-refractivity contribution in [2.75, 3.05) is 14.2 Å². The predicted molar refractivity (Wildman–Crippen MR) is 97.5 cm³/mol. The molecule has 1 heterocycles. The summed E-state index contributed by atoms with van der Waals surface area (Å²) < 4.78 is 16.4. The Morgan fingerprint density at radius 3 is 2.64 bits per heavy atom. The number of Topliss-reactive ketones (excluding diaryl/α,β-unsaturated/α-hetero) is 1. The van der Waals surface area contributed by atoms with E-state index in [1.54, 1.807) is 24.3 Å². The van der Waals surface area contributed by atoms with Gasteiger partial charge in [0.1, 0.15) is 17.4 Å². The first kappa shape index (κ1) is 17.5. The molecule has 2 aromatic carbocycles. The van der Waals surface area contributed by atoms with Gasteiger partial charge in [-0.25, -0.2) is 4.79 Å². The zero-order valence-corrected chi connectivity index (χ0v) is 15.7. The Morgan fingerprint density at radius 2 is 2.00 bits per heavy atom. The highest BCUT2D eigenvalue weighted by Crippen LogP contribution is 2.43. The number of phenolic OH excluding ortho intramolecular Hbond substituents is 1. The van der Waals surface area contributed by atoms with Crippen LogP contribution in [0.25, 0.3) is 0 Å². The van der Waals surface area contributed by atoms with E-state index in [9.17, 15) is 14.7 Å². The van der Waals surface area contributed by atoms with Crippen LogP contribution in [0.15, 0.2) is 30.3 Å². The molecule has 1 N–H and O–H groups in total. The molecule has 6 nitrogen and oxygen atoms in total. The van der Waals surface area contributed by atoms with E-state index in [0.29, 0.717) is 31.8 Å². The summed E-state index contributed by atoms with van der Waals surface area (Å²) in [4.78, 5) is 24.8. The van der Waals surface area contributed by atoms with Gasteiger partial charge in [0.05, 0.1) is 24.2 Å². The van der Waals surface area contributed by atoms with Crippen molar-refractivity contribution in [2.45, 2.75) is 12.5 Å². The summed E-state index contributed by atoms with van der Waals surface area (Å²) in [7, 11) is 2.93. The smallest absolute Gasteiger partial charge is 0.343 e. The van der Waals surface area contributed by atoms with Gasteiger partial charge in [0.15, 0.2) is 17.3 Å². The fourth-order valence-electron chi connectivity index (χ4n) is 2.79. The highest BCUT2D eigenvalue weighted by Gasteiger charge is 2.37. The average Bonchev–Trinajstić information content (AvgIpc) is 2.92. The van der Waals surface area contributed by atoms with E-state index >= 15 is 0 Å². The summed E-state index contributed by atoms with van der Waals surface area (Å²) in [6, 6.07) is 8.01. The summed E-state index contributed by atoms with van der Waals surface area (Å²) in [6.07, 6.45) is -0.670. The first-order valence-corrected chi connectivity index (χ1v) is 8.51. The van der Waals surface area contributed by atoms with Crippen molar-refractivity contribution in [1.82, 2.24) is 0 Å². The highest BCUT2D eigenvalue weighted by atomic mass is 127. The van der Waals surface area contributed by atoms with Crippen LogP contribution in [0.5, 0.6) is 17.2 Å². The molecule has 1 atom stereocenters. The summed E-state index contributed by atoms with van der Waals surface area (Å²) in [5.41, 5.74) is 1.34. The van der Waals surface area contributed by atoms with Crippen LogP contribution >= 0.6 is 22.6 Å². The zero-order valence-electron chi connectivity index (χ0n) is 13.5. The fraction of sp³-hybridized carbons (Fsp3) is 0.222.